The number of nitrogens with one attached hydrogen (secondary N) is 1. The summed E-state index contributed by atoms with van der Waals surface area (Å²) in [6.45, 7) is 10.4. The van der Waals surface area contributed by atoms with E-state index in [1.54, 1.807) is 0 Å². The Bertz CT molecular complexity index is 189. The minimum Gasteiger partial charge on any atom is -0.380 e. The van der Waals surface area contributed by atoms with Crippen LogP contribution in [-0.2, 0) is 4.74 Å². The Hall–Kier alpha value is -0.160. The lowest BCUT2D eigenvalue weighted by Crippen LogP contribution is -2.54. The number of hydrogen-bond acceptors (Lipinski definition) is 4. The van der Waals surface area contributed by atoms with Gasteiger partial charge in [-0.25, -0.2) is 0 Å². The van der Waals surface area contributed by atoms with E-state index in [1.807, 2.05) is 6.92 Å². The van der Waals surface area contributed by atoms with Crippen LogP contribution in [0.3, 0.4) is 0 Å². The maximum absolute atomic E-state index is 5.40. The van der Waals surface area contributed by atoms with E-state index in [9.17, 15) is 0 Å². The van der Waals surface area contributed by atoms with Crippen LogP contribution in [0.2, 0.25) is 0 Å². The van der Waals surface area contributed by atoms with Crippen molar-refractivity contribution in [1.29, 1.82) is 0 Å². The minimum atomic E-state index is 0.445. The molecule has 0 bridgehead atoms. The fraction of sp³-hybridized carbons (Fsp3) is 1.00. The van der Waals surface area contributed by atoms with E-state index >= 15 is 0 Å². The zero-order valence-electron chi connectivity index (χ0n) is 11.2. The van der Waals surface area contributed by atoms with Crippen LogP contribution in [0.15, 0.2) is 0 Å². The molecule has 0 aromatic rings. The Kier molecular flexibility index (Phi) is 6.28. The zero-order valence-corrected chi connectivity index (χ0v) is 11.2. The quantitative estimate of drug-likeness (QED) is 0.706. The topological polar surface area (TPSA) is 27.7 Å². The van der Waals surface area contributed by atoms with Gasteiger partial charge in [0.25, 0.3) is 0 Å². The SMILES string of the molecule is CCOCC(C)NCC1CN(C)CCN1C. The van der Waals surface area contributed by atoms with Crippen molar-refractivity contribution in [3.8, 4) is 0 Å². The summed E-state index contributed by atoms with van der Waals surface area (Å²) in [6, 6.07) is 1.07. The van der Waals surface area contributed by atoms with Gasteiger partial charge >= 0.3 is 0 Å². The predicted octanol–water partition coefficient (Wildman–Crippen LogP) is 0.247. The maximum atomic E-state index is 5.40. The molecule has 4 heteroatoms. The molecule has 0 saturated carbocycles. The second-order valence-electron chi connectivity index (χ2n) is 4.87. The number of rotatable bonds is 6. The van der Waals surface area contributed by atoms with Crippen LogP contribution >= 0.6 is 0 Å². The Morgan fingerprint density at radius 2 is 2.12 bits per heavy atom. The first-order chi connectivity index (χ1) is 7.63. The van der Waals surface area contributed by atoms with E-state index in [4.69, 9.17) is 4.74 Å². The molecule has 2 unspecified atom stereocenters. The van der Waals surface area contributed by atoms with Crippen molar-refractivity contribution in [3.05, 3.63) is 0 Å². The number of nitrogens with zero attached hydrogens (tertiary/aromatic N) is 2. The monoisotopic (exact) mass is 229 g/mol. The first-order valence-corrected chi connectivity index (χ1v) is 6.33. The first kappa shape index (κ1) is 13.9. The highest BCUT2D eigenvalue weighted by Gasteiger charge is 2.21. The molecule has 0 amide bonds. The molecule has 4 nitrogen and oxygen atoms in total. The maximum Gasteiger partial charge on any atom is 0.0616 e. The van der Waals surface area contributed by atoms with Crippen LogP contribution in [0.5, 0.6) is 0 Å². The molecule has 1 fully saturated rings. The number of hydrogen-bond donors (Lipinski definition) is 1. The van der Waals surface area contributed by atoms with Gasteiger partial charge in [0.05, 0.1) is 6.61 Å². The van der Waals surface area contributed by atoms with Gasteiger partial charge in [-0.05, 0) is 27.9 Å². The van der Waals surface area contributed by atoms with Crippen molar-refractivity contribution < 1.29 is 4.74 Å². The van der Waals surface area contributed by atoms with Gasteiger partial charge in [0.2, 0.25) is 0 Å². The third-order valence-corrected chi connectivity index (χ3v) is 3.25. The van der Waals surface area contributed by atoms with Gasteiger partial charge in [-0.1, -0.05) is 0 Å². The highest BCUT2D eigenvalue weighted by atomic mass is 16.5. The molecule has 16 heavy (non-hydrogen) atoms. The first-order valence-electron chi connectivity index (χ1n) is 6.33. The molecule has 96 valence electrons. The van der Waals surface area contributed by atoms with E-state index in [-0.39, 0.29) is 0 Å². The summed E-state index contributed by atoms with van der Waals surface area (Å²) in [5, 5.41) is 3.54. The van der Waals surface area contributed by atoms with Crippen LogP contribution in [-0.4, -0.2) is 75.4 Å². The molecule has 0 spiro atoms. The van der Waals surface area contributed by atoms with Gasteiger partial charge in [0.1, 0.15) is 0 Å². The average molecular weight is 229 g/mol. The molecule has 0 aromatic heterocycles. The van der Waals surface area contributed by atoms with E-state index < -0.39 is 0 Å². The second-order valence-corrected chi connectivity index (χ2v) is 4.87. The minimum absolute atomic E-state index is 0.445. The molecule has 1 aliphatic heterocycles. The molecular weight excluding hydrogens is 202 g/mol. The lowest BCUT2D eigenvalue weighted by Gasteiger charge is -2.38. The van der Waals surface area contributed by atoms with Crippen LogP contribution in [0.4, 0.5) is 0 Å². The van der Waals surface area contributed by atoms with Crippen molar-refractivity contribution in [2.24, 2.45) is 0 Å². The fourth-order valence-corrected chi connectivity index (χ4v) is 2.01. The highest BCUT2D eigenvalue weighted by molar-refractivity contribution is 4.81. The zero-order chi connectivity index (χ0) is 12.0. The number of piperazine rings is 1. The van der Waals surface area contributed by atoms with Crippen LogP contribution < -0.4 is 5.32 Å². The molecule has 0 radical (unpaired) electrons. The Balaban J connectivity index is 2.19. The van der Waals surface area contributed by atoms with Crippen molar-refractivity contribution >= 4 is 0 Å². The summed E-state index contributed by atoms with van der Waals surface area (Å²) in [4.78, 5) is 4.85. The number of ether oxygens (including phenoxy) is 1. The van der Waals surface area contributed by atoms with Gasteiger partial charge in [0, 0.05) is 44.9 Å². The fourth-order valence-electron chi connectivity index (χ4n) is 2.01. The van der Waals surface area contributed by atoms with Gasteiger partial charge in [-0.15, -0.1) is 0 Å². The summed E-state index contributed by atoms with van der Waals surface area (Å²) in [6.07, 6.45) is 0. The summed E-state index contributed by atoms with van der Waals surface area (Å²) in [7, 11) is 4.41. The van der Waals surface area contributed by atoms with Gasteiger partial charge in [-0.3, -0.25) is 4.90 Å². The van der Waals surface area contributed by atoms with Gasteiger partial charge in [-0.2, -0.15) is 0 Å². The van der Waals surface area contributed by atoms with Crippen LogP contribution in [0, 0.1) is 0 Å². The summed E-state index contributed by atoms with van der Waals surface area (Å²) in [5.74, 6) is 0. The molecular formula is C12H27N3O. The molecule has 1 N–H and O–H groups in total. The Labute approximate surface area is 99.9 Å². The van der Waals surface area contributed by atoms with Gasteiger partial charge in [0.15, 0.2) is 0 Å². The predicted molar refractivity (Wildman–Crippen MR) is 67.9 cm³/mol. The molecule has 1 rings (SSSR count). The van der Waals surface area contributed by atoms with Crippen molar-refractivity contribution in [3.63, 3.8) is 0 Å². The third kappa shape index (κ3) is 4.78. The Morgan fingerprint density at radius 3 is 2.81 bits per heavy atom. The summed E-state index contributed by atoms with van der Waals surface area (Å²) < 4.78 is 5.40. The smallest absolute Gasteiger partial charge is 0.0616 e. The second kappa shape index (κ2) is 7.22. The normalized spacial score (nSPS) is 25.9. The lowest BCUT2D eigenvalue weighted by atomic mass is 10.2. The molecule has 0 aromatic carbocycles. The molecule has 0 aliphatic carbocycles. The largest absolute Gasteiger partial charge is 0.380 e. The average Bonchev–Trinajstić information content (AvgIpc) is 2.27. The summed E-state index contributed by atoms with van der Waals surface area (Å²) >= 11 is 0. The van der Waals surface area contributed by atoms with Crippen molar-refractivity contribution in [2.45, 2.75) is 25.9 Å². The van der Waals surface area contributed by atoms with E-state index in [0.29, 0.717) is 12.1 Å². The van der Waals surface area contributed by atoms with E-state index in [2.05, 4.69) is 36.1 Å². The third-order valence-electron chi connectivity index (χ3n) is 3.25. The van der Waals surface area contributed by atoms with Gasteiger partial charge < -0.3 is 15.0 Å². The molecule has 1 aliphatic rings. The Morgan fingerprint density at radius 1 is 1.38 bits per heavy atom. The standard InChI is InChI=1S/C12H27N3O/c1-5-16-10-11(2)13-8-12-9-14(3)6-7-15(12)4/h11-13H,5-10H2,1-4H3. The molecule has 2 atom stereocenters. The van der Waals surface area contributed by atoms with Crippen LogP contribution in [0.1, 0.15) is 13.8 Å². The van der Waals surface area contributed by atoms with Crippen LogP contribution in [0.25, 0.3) is 0 Å². The van der Waals surface area contributed by atoms with E-state index in [0.717, 1.165) is 26.3 Å². The lowest BCUT2D eigenvalue weighted by molar-refractivity contribution is 0.0985. The van der Waals surface area contributed by atoms with Crippen molar-refractivity contribution in [2.75, 3.05) is 53.5 Å². The van der Waals surface area contributed by atoms with Crippen molar-refractivity contribution in [1.82, 2.24) is 15.1 Å². The highest BCUT2D eigenvalue weighted by Crippen LogP contribution is 2.04. The number of likely N-dealkylation sites (N-methyl/N-ethyl adjacent to an activating group) is 2. The molecule has 1 saturated heterocycles. The molecule has 1 heterocycles. The summed E-state index contributed by atoms with van der Waals surface area (Å²) in [5.41, 5.74) is 0. The van der Waals surface area contributed by atoms with E-state index in [1.165, 1.54) is 13.1 Å².